The van der Waals surface area contributed by atoms with Crippen molar-refractivity contribution in [2.45, 2.75) is 50.8 Å². The largest absolute Gasteiger partial charge is 0.393 e. The van der Waals surface area contributed by atoms with Crippen molar-refractivity contribution in [2.24, 2.45) is 0 Å². The highest BCUT2D eigenvalue weighted by Crippen LogP contribution is 2.19. The first kappa shape index (κ1) is 10.3. The summed E-state index contributed by atoms with van der Waals surface area (Å²) < 4.78 is 2.30. The molecular formula is C12H19N3O. The number of fused-ring (bicyclic) bond motifs is 1. The first-order chi connectivity index (χ1) is 7.83. The van der Waals surface area contributed by atoms with E-state index in [4.69, 9.17) is 0 Å². The Morgan fingerprint density at radius 2 is 2.44 bits per heavy atom. The molecule has 88 valence electrons. The summed E-state index contributed by atoms with van der Waals surface area (Å²) in [7, 11) is 0. The summed E-state index contributed by atoms with van der Waals surface area (Å²) in [6.45, 7) is 2.08. The molecule has 4 heteroatoms. The van der Waals surface area contributed by atoms with E-state index < -0.39 is 0 Å². The smallest absolute Gasteiger partial charge is 0.110 e. The minimum Gasteiger partial charge on any atom is -0.393 e. The summed E-state index contributed by atoms with van der Waals surface area (Å²) in [5.41, 5.74) is 1.20. The fourth-order valence-electron chi connectivity index (χ4n) is 2.83. The lowest BCUT2D eigenvalue weighted by Gasteiger charge is -2.21. The maximum absolute atomic E-state index is 9.60. The molecule has 2 N–H and O–H groups in total. The van der Waals surface area contributed by atoms with Crippen molar-refractivity contribution in [3.8, 4) is 0 Å². The van der Waals surface area contributed by atoms with Crippen LogP contribution in [0.15, 0.2) is 6.20 Å². The maximum atomic E-state index is 9.60. The standard InChI is InChI=1S/C12H19N3O/c16-11-3-5-15-10(7-11)8-14-12(15)6-9-2-1-4-13-9/h8-9,11,13,16H,1-7H2. The third-order valence-electron chi connectivity index (χ3n) is 3.74. The number of aliphatic hydroxyl groups excluding tert-OH is 1. The zero-order chi connectivity index (χ0) is 11.0. The van der Waals surface area contributed by atoms with Crippen molar-refractivity contribution in [2.75, 3.05) is 6.54 Å². The number of nitrogens with one attached hydrogen (secondary N) is 1. The number of hydrogen-bond donors (Lipinski definition) is 2. The highest BCUT2D eigenvalue weighted by atomic mass is 16.3. The molecule has 1 aromatic rings. The predicted octanol–water partition coefficient (Wildman–Crippen LogP) is 0.485. The SMILES string of the molecule is OC1CCn2c(cnc2CC2CCCN2)C1. The van der Waals surface area contributed by atoms with Crippen LogP contribution in [-0.4, -0.2) is 33.3 Å². The van der Waals surface area contributed by atoms with Gasteiger partial charge in [-0.15, -0.1) is 0 Å². The molecule has 0 spiro atoms. The summed E-state index contributed by atoms with van der Waals surface area (Å²) >= 11 is 0. The molecular weight excluding hydrogens is 202 g/mol. The lowest BCUT2D eigenvalue weighted by molar-refractivity contribution is 0.142. The molecule has 3 heterocycles. The highest BCUT2D eigenvalue weighted by Gasteiger charge is 2.22. The Morgan fingerprint density at radius 1 is 1.50 bits per heavy atom. The van der Waals surface area contributed by atoms with Crippen molar-refractivity contribution in [1.82, 2.24) is 14.9 Å². The van der Waals surface area contributed by atoms with E-state index in [1.54, 1.807) is 0 Å². The Kier molecular flexibility index (Phi) is 2.69. The van der Waals surface area contributed by atoms with Crippen LogP contribution >= 0.6 is 0 Å². The van der Waals surface area contributed by atoms with Crippen molar-refractivity contribution < 1.29 is 5.11 Å². The van der Waals surface area contributed by atoms with Gasteiger partial charge in [0.2, 0.25) is 0 Å². The van der Waals surface area contributed by atoms with Gasteiger partial charge in [-0.05, 0) is 25.8 Å². The zero-order valence-corrected chi connectivity index (χ0v) is 9.52. The molecule has 16 heavy (non-hydrogen) atoms. The van der Waals surface area contributed by atoms with Crippen molar-refractivity contribution in [1.29, 1.82) is 0 Å². The number of aliphatic hydroxyl groups is 1. The topological polar surface area (TPSA) is 50.1 Å². The Hall–Kier alpha value is -0.870. The molecule has 2 aliphatic heterocycles. The Morgan fingerprint density at radius 3 is 3.25 bits per heavy atom. The molecule has 4 nitrogen and oxygen atoms in total. The average Bonchev–Trinajstić information content (AvgIpc) is 2.89. The van der Waals surface area contributed by atoms with Gasteiger partial charge in [0.25, 0.3) is 0 Å². The summed E-state index contributed by atoms with van der Waals surface area (Å²) in [5, 5.41) is 13.1. The van der Waals surface area contributed by atoms with E-state index in [0.29, 0.717) is 6.04 Å². The minimum atomic E-state index is -0.165. The van der Waals surface area contributed by atoms with Gasteiger partial charge in [0.1, 0.15) is 5.82 Å². The van der Waals surface area contributed by atoms with Gasteiger partial charge in [-0.1, -0.05) is 0 Å². The Labute approximate surface area is 95.7 Å². The van der Waals surface area contributed by atoms with Gasteiger partial charge in [0.15, 0.2) is 0 Å². The van der Waals surface area contributed by atoms with E-state index in [0.717, 1.165) is 32.4 Å². The third kappa shape index (κ3) is 1.87. The molecule has 2 unspecified atom stereocenters. The molecule has 0 aliphatic carbocycles. The van der Waals surface area contributed by atoms with Gasteiger partial charge in [0.05, 0.1) is 6.10 Å². The lowest BCUT2D eigenvalue weighted by Crippen LogP contribution is -2.28. The highest BCUT2D eigenvalue weighted by molar-refractivity contribution is 5.10. The summed E-state index contributed by atoms with van der Waals surface area (Å²) in [6, 6.07) is 0.610. The number of aromatic nitrogens is 2. The van der Waals surface area contributed by atoms with Crippen molar-refractivity contribution in [3.05, 3.63) is 17.7 Å². The molecule has 1 fully saturated rings. The van der Waals surface area contributed by atoms with Gasteiger partial charge in [-0.3, -0.25) is 0 Å². The zero-order valence-electron chi connectivity index (χ0n) is 9.52. The van der Waals surface area contributed by atoms with Crippen LogP contribution in [0.25, 0.3) is 0 Å². The van der Waals surface area contributed by atoms with Crippen LogP contribution in [0.2, 0.25) is 0 Å². The number of hydrogen-bond acceptors (Lipinski definition) is 3. The summed E-state index contributed by atoms with van der Waals surface area (Å²) in [6.07, 6.45) is 7.01. The molecule has 0 amide bonds. The lowest BCUT2D eigenvalue weighted by atomic mass is 10.1. The second kappa shape index (κ2) is 4.18. The van der Waals surface area contributed by atoms with Crippen LogP contribution in [0.1, 0.15) is 30.8 Å². The quantitative estimate of drug-likeness (QED) is 0.764. The molecule has 0 saturated carbocycles. The van der Waals surface area contributed by atoms with Crippen molar-refractivity contribution >= 4 is 0 Å². The first-order valence-corrected chi connectivity index (χ1v) is 6.27. The number of nitrogens with zero attached hydrogens (tertiary/aromatic N) is 2. The predicted molar refractivity (Wildman–Crippen MR) is 61.3 cm³/mol. The second-order valence-electron chi connectivity index (χ2n) is 4.96. The van der Waals surface area contributed by atoms with Crippen LogP contribution in [-0.2, 0) is 19.4 Å². The molecule has 2 aliphatic rings. The van der Waals surface area contributed by atoms with Crippen LogP contribution in [0, 0.1) is 0 Å². The third-order valence-corrected chi connectivity index (χ3v) is 3.74. The second-order valence-corrected chi connectivity index (χ2v) is 4.96. The fraction of sp³-hybridized carbons (Fsp3) is 0.750. The van der Waals surface area contributed by atoms with E-state index in [9.17, 15) is 5.11 Å². The van der Waals surface area contributed by atoms with Gasteiger partial charge >= 0.3 is 0 Å². The van der Waals surface area contributed by atoms with Gasteiger partial charge < -0.3 is 15.0 Å². The van der Waals surface area contributed by atoms with Crippen LogP contribution in [0.3, 0.4) is 0 Å². The van der Waals surface area contributed by atoms with Gasteiger partial charge in [0, 0.05) is 37.3 Å². The molecule has 0 radical (unpaired) electrons. The van der Waals surface area contributed by atoms with E-state index in [2.05, 4.69) is 14.9 Å². The summed E-state index contributed by atoms with van der Waals surface area (Å²) in [5.74, 6) is 1.20. The van der Waals surface area contributed by atoms with E-state index >= 15 is 0 Å². The van der Waals surface area contributed by atoms with Gasteiger partial charge in [-0.25, -0.2) is 4.98 Å². The Balaban J connectivity index is 1.75. The normalized spacial score (nSPS) is 29.3. The molecule has 2 atom stereocenters. The number of rotatable bonds is 2. The van der Waals surface area contributed by atoms with Crippen molar-refractivity contribution in [3.63, 3.8) is 0 Å². The van der Waals surface area contributed by atoms with Crippen LogP contribution < -0.4 is 5.32 Å². The molecule has 1 aromatic heterocycles. The Bertz CT molecular complexity index is 368. The fourth-order valence-corrected chi connectivity index (χ4v) is 2.83. The van der Waals surface area contributed by atoms with E-state index in [1.807, 2.05) is 6.20 Å². The molecule has 3 rings (SSSR count). The van der Waals surface area contributed by atoms with Gasteiger partial charge in [-0.2, -0.15) is 0 Å². The maximum Gasteiger partial charge on any atom is 0.110 e. The monoisotopic (exact) mass is 221 g/mol. The molecule has 0 aromatic carbocycles. The van der Waals surface area contributed by atoms with Crippen LogP contribution in [0.4, 0.5) is 0 Å². The summed E-state index contributed by atoms with van der Waals surface area (Å²) in [4.78, 5) is 4.51. The first-order valence-electron chi connectivity index (χ1n) is 6.27. The average molecular weight is 221 g/mol. The molecule has 0 bridgehead atoms. The van der Waals surface area contributed by atoms with E-state index in [-0.39, 0.29) is 6.10 Å². The molecule has 1 saturated heterocycles. The number of imidazole rings is 1. The van der Waals surface area contributed by atoms with Crippen LogP contribution in [0.5, 0.6) is 0 Å². The minimum absolute atomic E-state index is 0.165. The van der Waals surface area contributed by atoms with E-state index in [1.165, 1.54) is 24.4 Å².